The lowest BCUT2D eigenvalue weighted by atomic mass is 10.0. The fourth-order valence-electron chi connectivity index (χ4n) is 7.47. The van der Waals surface area contributed by atoms with Gasteiger partial charge in [-0.1, -0.05) is 67.0 Å². The summed E-state index contributed by atoms with van der Waals surface area (Å²) < 4.78 is 40.2. The second-order valence-electron chi connectivity index (χ2n) is 16.0. The molecule has 1 saturated heterocycles. The van der Waals surface area contributed by atoms with E-state index in [0.717, 1.165) is 29.5 Å². The lowest BCUT2D eigenvalue weighted by Gasteiger charge is -2.30. The van der Waals surface area contributed by atoms with Gasteiger partial charge in [-0.3, -0.25) is 14.4 Å². The molecule has 5 unspecified atom stereocenters. The van der Waals surface area contributed by atoms with Gasteiger partial charge in [0.15, 0.2) is 0 Å². The Hall–Kier alpha value is -4.92. The molecule has 0 radical (unpaired) electrons. The molecule has 1 saturated carbocycles. The Morgan fingerprint density at radius 1 is 0.982 bits per heavy atom. The first-order valence-electron chi connectivity index (χ1n) is 19.0. The molecule has 1 aliphatic carbocycles. The van der Waals surface area contributed by atoms with Crippen LogP contribution in [0.15, 0.2) is 65.6 Å². The first-order chi connectivity index (χ1) is 26.0. The van der Waals surface area contributed by atoms with Crippen LogP contribution in [0.25, 0.3) is 0 Å². The zero-order valence-electron chi connectivity index (χ0n) is 31.8. The van der Waals surface area contributed by atoms with E-state index >= 15 is 0 Å². The maximum Gasteiger partial charge on any atom is 0.410 e. The normalized spacial score (nSPS) is 25.9. The van der Waals surface area contributed by atoms with Crippen molar-refractivity contribution in [3.8, 4) is 0 Å². The van der Waals surface area contributed by atoms with Gasteiger partial charge in [-0.15, -0.1) is 0 Å². The Morgan fingerprint density at radius 3 is 2.44 bits per heavy atom. The lowest BCUT2D eigenvalue weighted by Crippen LogP contribution is -2.58. The molecule has 3 heterocycles. The number of nitrogens with one attached hydrogen (secondary N) is 3. The highest BCUT2D eigenvalue weighted by Crippen LogP contribution is 2.46. The summed E-state index contributed by atoms with van der Waals surface area (Å²) >= 11 is 0. The maximum absolute atomic E-state index is 14.4. The minimum absolute atomic E-state index is 0.0766. The van der Waals surface area contributed by atoms with E-state index in [1.807, 2.05) is 43.3 Å². The summed E-state index contributed by atoms with van der Waals surface area (Å²) in [6, 6.07) is 11.6. The lowest BCUT2D eigenvalue weighted by molar-refractivity contribution is -0.141. The van der Waals surface area contributed by atoms with Crippen LogP contribution in [0.3, 0.4) is 0 Å². The molecule has 2 aromatic rings. The van der Waals surface area contributed by atoms with E-state index < -0.39 is 75.2 Å². The van der Waals surface area contributed by atoms with Gasteiger partial charge in [-0.2, -0.15) is 0 Å². The van der Waals surface area contributed by atoms with Crippen molar-refractivity contribution < 1.29 is 41.9 Å². The van der Waals surface area contributed by atoms with Gasteiger partial charge in [0.2, 0.25) is 11.8 Å². The van der Waals surface area contributed by atoms with Crippen LogP contribution in [0, 0.1) is 12.8 Å². The Kier molecular flexibility index (Phi) is 11.6. The van der Waals surface area contributed by atoms with Gasteiger partial charge in [0.25, 0.3) is 15.9 Å². The monoisotopic (exact) mass is 777 g/mol. The fourth-order valence-corrected chi connectivity index (χ4v) is 8.51. The van der Waals surface area contributed by atoms with Crippen LogP contribution in [-0.4, -0.2) is 90.5 Å². The van der Waals surface area contributed by atoms with Gasteiger partial charge in [0, 0.05) is 25.4 Å². The molecule has 6 rings (SSSR count). The number of benzene rings is 2. The zero-order chi connectivity index (χ0) is 39.5. The maximum atomic E-state index is 14.4. The minimum atomic E-state index is -4.28. The first kappa shape index (κ1) is 39.8. The van der Waals surface area contributed by atoms with Crippen molar-refractivity contribution in [3.63, 3.8) is 0 Å². The average Bonchev–Trinajstić information content (AvgIpc) is 3.66. The van der Waals surface area contributed by atoms with E-state index in [1.54, 1.807) is 37.8 Å². The number of hydrogen-bond acceptors (Lipinski definition) is 9. The quantitative estimate of drug-likeness (QED) is 0.374. The molecule has 0 spiro atoms. The zero-order valence-corrected chi connectivity index (χ0v) is 32.7. The third kappa shape index (κ3) is 9.49. The summed E-state index contributed by atoms with van der Waals surface area (Å²) in [5, 5.41) is 5.53. The number of fused-ring (bicyclic) bond motifs is 3. The number of nitrogens with zero attached hydrogens (tertiary/aromatic N) is 2. The molecule has 55 heavy (non-hydrogen) atoms. The van der Waals surface area contributed by atoms with E-state index in [4.69, 9.17) is 9.47 Å². The van der Waals surface area contributed by atoms with Crippen LogP contribution in [-0.2, 0) is 46.8 Å². The molecular formula is C40H51N5O9S. The van der Waals surface area contributed by atoms with Crippen molar-refractivity contribution in [2.45, 2.75) is 120 Å². The number of carbonyl (C=O) groups excluding carboxylic acids is 5. The summed E-state index contributed by atoms with van der Waals surface area (Å²) in [6.07, 6.45) is 5.22. The highest BCUT2D eigenvalue weighted by molar-refractivity contribution is 7.90. The largest absolute Gasteiger partial charge is 0.444 e. The van der Waals surface area contributed by atoms with Crippen LogP contribution in [0.4, 0.5) is 9.59 Å². The Morgan fingerprint density at radius 2 is 1.71 bits per heavy atom. The number of carbonyl (C=O) groups is 5. The smallest absolute Gasteiger partial charge is 0.410 e. The molecule has 0 aromatic heterocycles. The van der Waals surface area contributed by atoms with Gasteiger partial charge in [0.05, 0.1) is 11.4 Å². The molecular weight excluding hydrogens is 727 g/mol. The molecule has 4 aliphatic rings. The van der Waals surface area contributed by atoms with E-state index in [0.29, 0.717) is 32.4 Å². The number of rotatable bonds is 5. The third-order valence-electron chi connectivity index (χ3n) is 10.6. The molecule has 296 valence electrons. The van der Waals surface area contributed by atoms with Crippen LogP contribution < -0.4 is 15.4 Å². The first-order valence-corrected chi connectivity index (χ1v) is 20.5. The van der Waals surface area contributed by atoms with Crippen molar-refractivity contribution in [3.05, 3.63) is 77.4 Å². The topological polar surface area (TPSA) is 181 Å². The van der Waals surface area contributed by atoms with Gasteiger partial charge >= 0.3 is 12.2 Å². The standard InChI is InChI=1S/C40H51N5O9S/c1-26-16-18-31(19-17-26)55(51,52)43-36(48)40-23-29(40)14-8-6-5-7-9-15-32(41-37(49)54-39(2,3)4)35(47)45-25-30(22-33(45)34(46)42-40)53-38(50)44-21-20-27-12-10-11-13-28(27)24-44/h8,10-14,16-19,29-30,32-33H,5-7,9,15,20-25H2,1-4H3,(H,41,49)(H,42,46)(H,43,48). The summed E-state index contributed by atoms with van der Waals surface area (Å²) in [5.41, 5.74) is 0.574. The van der Waals surface area contributed by atoms with E-state index in [1.165, 1.54) is 17.0 Å². The highest BCUT2D eigenvalue weighted by atomic mass is 32.2. The molecule has 3 aliphatic heterocycles. The second kappa shape index (κ2) is 16.0. The van der Waals surface area contributed by atoms with Crippen molar-refractivity contribution in [2.75, 3.05) is 13.1 Å². The van der Waals surface area contributed by atoms with Crippen LogP contribution in [0.2, 0.25) is 0 Å². The Balaban J connectivity index is 1.26. The van der Waals surface area contributed by atoms with Crippen molar-refractivity contribution in [1.29, 1.82) is 0 Å². The number of sulfonamides is 1. The van der Waals surface area contributed by atoms with E-state index in [-0.39, 0.29) is 30.7 Å². The number of allylic oxidation sites excluding steroid dienone is 1. The van der Waals surface area contributed by atoms with Crippen molar-refractivity contribution in [1.82, 2.24) is 25.2 Å². The van der Waals surface area contributed by atoms with Crippen LogP contribution in [0.5, 0.6) is 0 Å². The molecule has 5 atom stereocenters. The van der Waals surface area contributed by atoms with E-state index in [2.05, 4.69) is 15.4 Å². The van der Waals surface area contributed by atoms with E-state index in [9.17, 15) is 32.4 Å². The molecule has 2 aromatic carbocycles. The molecule has 2 fully saturated rings. The number of amides is 5. The highest BCUT2D eigenvalue weighted by Gasteiger charge is 2.61. The average molecular weight is 778 g/mol. The molecule has 0 bridgehead atoms. The van der Waals surface area contributed by atoms with Crippen molar-refractivity contribution >= 4 is 39.9 Å². The van der Waals surface area contributed by atoms with Crippen LogP contribution in [0.1, 0.15) is 82.4 Å². The Bertz CT molecular complexity index is 1940. The summed E-state index contributed by atoms with van der Waals surface area (Å²) in [7, 11) is -4.28. The predicted molar refractivity (Wildman–Crippen MR) is 202 cm³/mol. The third-order valence-corrected chi connectivity index (χ3v) is 11.9. The summed E-state index contributed by atoms with van der Waals surface area (Å²) in [4.78, 5) is 71.9. The SMILES string of the molecule is Cc1ccc(S(=O)(=O)NC(=O)C23CC2C=CCCCCCC(NC(=O)OC(C)(C)C)C(=O)N2CC(OC(=O)N4CCc5ccccc5C4)CC2C(=O)N3)cc1. The molecule has 14 nitrogen and oxygen atoms in total. The fraction of sp³-hybridized carbons (Fsp3) is 0.525. The Labute approximate surface area is 322 Å². The van der Waals surface area contributed by atoms with Gasteiger partial charge in [0.1, 0.15) is 29.3 Å². The molecule has 3 N–H and O–H groups in total. The van der Waals surface area contributed by atoms with Gasteiger partial charge in [-0.05, 0) is 83.1 Å². The summed E-state index contributed by atoms with van der Waals surface area (Å²) in [6.45, 7) is 7.60. The number of aryl methyl sites for hydroxylation is 1. The predicted octanol–water partition coefficient (Wildman–Crippen LogP) is 4.25. The van der Waals surface area contributed by atoms with Crippen molar-refractivity contribution in [2.24, 2.45) is 5.92 Å². The number of ether oxygens (including phenoxy) is 2. The minimum Gasteiger partial charge on any atom is -0.444 e. The number of hydrogen-bond donors (Lipinski definition) is 3. The second-order valence-corrected chi connectivity index (χ2v) is 17.7. The molecule has 15 heteroatoms. The van der Waals surface area contributed by atoms with Crippen LogP contribution >= 0.6 is 0 Å². The van der Waals surface area contributed by atoms with Gasteiger partial charge in [-0.25, -0.2) is 22.7 Å². The van der Waals surface area contributed by atoms with Gasteiger partial charge < -0.3 is 29.9 Å². The molecule has 5 amide bonds. The number of alkyl carbamates (subject to hydrolysis) is 1. The summed E-state index contributed by atoms with van der Waals surface area (Å²) in [5.74, 6) is -2.66.